The van der Waals surface area contributed by atoms with Gasteiger partial charge in [0.2, 0.25) is 0 Å². The third-order valence-electron chi connectivity index (χ3n) is 1.67. The largest absolute Gasteiger partial charge is 0.397 e. The van der Waals surface area contributed by atoms with Crippen molar-refractivity contribution in [1.29, 1.82) is 0 Å². The Balaban J connectivity index is 3.33. The number of nitrogens with two attached hydrogens (primary N) is 2. The first kappa shape index (κ1) is 8.70. The zero-order chi connectivity index (χ0) is 9.30. The molecule has 0 fully saturated rings. The van der Waals surface area contributed by atoms with Gasteiger partial charge in [-0.15, -0.1) is 0 Å². The van der Waals surface area contributed by atoms with Crippen LogP contribution in [0.15, 0.2) is 6.20 Å². The van der Waals surface area contributed by atoms with Gasteiger partial charge in [0.1, 0.15) is 5.82 Å². The summed E-state index contributed by atoms with van der Waals surface area (Å²) in [5.41, 5.74) is 10.9. The summed E-state index contributed by atoms with van der Waals surface area (Å²) in [6, 6.07) is 0. The average molecular weight is 173 g/mol. The summed E-state index contributed by atoms with van der Waals surface area (Å²) >= 11 is 0. The number of nitrogens with zero attached hydrogens (tertiary/aromatic N) is 1. The first-order valence-corrected chi connectivity index (χ1v) is 3.32. The number of pyridine rings is 1. The van der Waals surface area contributed by atoms with E-state index in [4.69, 9.17) is 11.5 Å². The number of hydrogen-bond donors (Lipinski definition) is 2. The molecule has 0 saturated heterocycles. The van der Waals surface area contributed by atoms with E-state index in [1.807, 2.05) is 0 Å². The normalized spacial score (nSPS) is 10.7. The Kier molecular flexibility index (Phi) is 2.12. The first-order chi connectivity index (χ1) is 5.54. The molecule has 12 heavy (non-hydrogen) atoms. The molecule has 66 valence electrons. The Hall–Kier alpha value is -1.39. The monoisotopic (exact) mass is 173 g/mol. The van der Waals surface area contributed by atoms with Crippen molar-refractivity contribution >= 4 is 11.5 Å². The number of hydrogen-bond acceptors (Lipinski definition) is 3. The van der Waals surface area contributed by atoms with Crippen LogP contribution >= 0.6 is 0 Å². The summed E-state index contributed by atoms with van der Waals surface area (Å²) < 4.78 is 24.6. The van der Waals surface area contributed by atoms with Crippen LogP contribution in [-0.2, 0) is 0 Å². The number of aromatic nitrogens is 1. The lowest BCUT2D eigenvalue weighted by molar-refractivity contribution is 0.151. The van der Waals surface area contributed by atoms with E-state index in [9.17, 15) is 8.78 Å². The fourth-order valence-corrected chi connectivity index (χ4v) is 0.929. The van der Waals surface area contributed by atoms with Gasteiger partial charge in [-0.1, -0.05) is 0 Å². The average Bonchev–Trinajstić information content (AvgIpc) is 1.97. The lowest BCUT2D eigenvalue weighted by Crippen LogP contribution is -2.04. The molecule has 0 aliphatic carbocycles. The van der Waals surface area contributed by atoms with Crippen LogP contribution in [0.5, 0.6) is 0 Å². The highest BCUT2D eigenvalue weighted by Crippen LogP contribution is 2.29. The lowest BCUT2D eigenvalue weighted by atomic mass is 10.1. The van der Waals surface area contributed by atoms with Crippen LogP contribution in [0.1, 0.15) is 17.6 Å². The molecule has 0 aliphatic heterocycles. The highest BCUT2D eigenvalue weighted by molar-refractivity contribution is 5.56. The minimum absolute atomic E-state index is 0.156. The highest BCUT2D eigenvalue weighted by atomic mass is 19.3. The molecule has 0 aliphatic rings. The Morgan fingerprint density at radius 2 is 2.00 bits per heavy atom. The van der Waals surface area contributed by atoms with E-state index in [2.05, 4.69) is 4.98 Å². The van der Waals surface area contributed by atoms with Crippen molar-refractivity contribution in [3.8, 4) is 0 Å². The standard InChI is InChI=1S/C7H9F2N3/c1-3-4(10)2-12-7(11)5(3)6(8)9/h2,6H,10H2,1H3,(H2,11,12). The molecule has 4 N–H and O–H groups in total. The van der Waals surface area contributed by atoms with Crippen molar-refractivity contribution in [3.05, 3.63) is 17.3 Å². The molecule has 0 bridgehead atoms. The Bertz CT molecular complexity index is 299. The number of nitrogen functional groups attached to an aromatic ring is 2. The summed E-state index contributed by atoms with van der Waals surface area (Å²) in [5.74, 6) is -0.156. The van der Waals surface area contributed by atoms with Gasteiger partial charge in [0.15, 0.2) is 0 Å². The zero-order valence-corrected chi connectivity index (χ0v) is 6.51. The number of halogens is 2. The Morgan fingerprint density at radius 1 is 1.42 bits per heavy atom. The van der Waals surface area contributed by atoms with Crippen molar-refractivity contribution in [2.75, 3.05) is 11.5 Å². The van der Waals surface area contributed by atoms with E-state index in [1.165, 1.54) is 13.1 Å². The number of anilines is 2. The fraction of sp³-hybridized carbons (Fsp3) is 0.286. The van der Waals surface area contributed by atoms with Gasteiger partial charge in [-0.2, -0.15) is 0 Å². The number of rotatable bonds is 1. The quantitative estimate of drug-likeness (QED) is 0.676. The first-order valence-electron chi connectivity index (χ1n) is 3.32. The number of alkyl halides is 2. The minimum atomic E-state index is -2.62. The summed E-state index contributed by atoms with van der Waals surface area (Å²) in [6.45, 7) is 1.49. The van der Waals surface area contributed by atoms with Crippen LogP contribution in [0.25, 0.3) is 0 Å². The molecule has 1 rings (SSSR count). The second kappa shape index (κ2) is 2.92. The Labute approximate surface area is 68.4 Å². The minimum Gasteiger partial charge on any atom is -0.397 e. The molecule has 1 aromatic heterocycles. The van der Waals surface area contributed by atoms with E-state index in [1.54, 1.807) is 0 Å². The van der Waals surface area contributed by atoms with Crippen molar-refractivity contribution in [3.63, 3.8) is 0 Å². The summed E-state index contributed by atoms with van der Waals surface area (Å²) in [5, 5.41) is 0. The summed E-state index contributed by atoms with van der Waals surface area (Å²) in [7, 11) is 0. The van der Waals surface area contributed by atoms with E-state index in [0.717, 1.165) is 0 Å². The molecular weight excluding hydrogens is 164 g/mol. The van der Waals surface area contributed by atoms with E-state index in [0.29, 0.717) is 5.56 Å². The van der Waals surface area contributed by atoms with Crippen LogP contribution < -0.4 is 11.5 Å². The molecule has 0 aromatic carbocycles. The Morgan fingerprint density at radius 3 is 2.42 bits per heavy atom. The van der Waals surface area contributed by atoms with Gasteiger partial charge in [-0.25, -0.2) is 13.8 Å². The van der Waals surface area contributed by atoms with Crippen molar-refractivity contribution in [1.82, 2.24) is 4.98 Å². The van der Waals surface area contributed by atoms with Gasteiger partial charge < -0.3 is 11.5 Å². The van der Waals surface area contributed by atoms with Crippen molar-refractivity contribution in [2.45, 2.75) is 13.3 Å². The summed E-state index contributed by atoms with van der Waals surface area (Å²) in [4.78, 5) is 3.53. The molecular formula is C7H9F2N3. The van der Waals surface area contributed by atoms with Crippen LogP contribution in [0.4, 0.5) is 20.3 Å². The zero-order valence-electron chi connectivity index (χ0n) is 6.51. The van der Waals surface area contributed by atoms with Gasteiger partial charge in [0, 0.05) is 0 Å². The third kappa shape index (κ3) is 1.30. The van der Waals surface area contributed by atoms with Crippen LogP contribution in [-0.4, -0.2) is 4.98 Å². The van der Waals surface area contributed by atoms with Crippen LogP contribution in [0.3, 0.4) is 0 Å². The highest BCUT2D eigenvalue weighted by Gasteiger charge is 2.16. The maximum Gasteiger partial charge on any atom is 0.267 e. The fourth-order valence-electron chi connectivity index (χ4n) is 0.929. The van der Waals surface area contributed by atoms with Crippen LogP contribution in [0, 0.1) is 6.92 Å². The van der Waals surface area contributed by atoms with Crippen molar-refractivity contribution in [2.24, 2.45) is 0 Å². The lowest BCUT2D eigenvalue weighted by Gasteiger charge is -2.08. The predicted octanol–water partition coefficient (Wildman–Crippen LogP) is 1.49. The van der Waals surface area contributed by atoms with Gasteiger partial charge in [-0.05, 0) is 12.5 Å². The predicted molar refractivity (Wildman–Crippen MR) is 42.8 cm³/mol. The molecule has 0 amide bonds. The molecule has 0 radical (unpaired) electrons. The molecule has 0 atom stereocenters. The smallest absolute Gasteiger partial charge is 0.267 e. The van der Waals surface area contributed by atoms with Gasteiger partial charge in [0.05, 0.1) is 17.4 Å². The van der Waals surface area contributed by atoms with Gasteiger partial charge >= 0.3 is 0 Å². The second-order valence-electron chi connectivity index (χ2n) is 2.44. The molecule has 0 spiro atoms. The topological polar surface area (TPSA) is 64.9 Å². The maximum atomic E-state index is 12.3. The second-order valence-corrected chi connectivity index (χ2v) is 2.44. The van der Waals surface area contributed by atoms with E-state index in [-0.39, 0.29) is 17.1 Å². The SMILES string of the molecule is Cc1c(N)cnc(N)c1C(F)F. The van der Waals surface area contributed by atoms with E-state index < -0.39 is 6.43 Å². The van der Waals surface area contributed by atoms with Crippen LogP contribution in [0.2, 0.25) is 0 Å². The summed E-state index contributed by atoms with van der Waals surface area (Å²) in [6.07, 6.45) is -1.35. The molecule has 0 unspecified atom stereocenters. The molecule has 3 nitrogen and oxygen atoms in total. The molecule has 1 heterocycles. The van der Waals surface area contributed by atoms with Crippen molar-refractivity contribution < 1.29 is 8.78 Å². The maximum absolute atomic E-state index is 12.3. The van der Waals surface area contributed by atoms with Gasteiger partial charge in [-0.3, -0.25) is 0 Å². The van der Waals surface area contributed by atoms with E-state index >= 15 is 0 Å². The molecule has 1 aromatic rings. The molecule has 0 saturated carbocycles. The molecule has 5 heteroatoms. The third-order valence-corrected chi connectivity index (χ3v) is 1.67. The van der Waals surface area contributed by atoms with Gasteiger partial charge in [0.25, 0.3) is 6.43 Å².